The quantitative estimate of drug-likeness (QED) is 0.435. The van der Waals surface area contributed by atoms with Crippen LogP contribution in [0.4, 0.5) is 4.79 Å². The summed E-state index contributed by atoms with van der Waals surface area (Å²) in [6.07, 6.45) is 1.74. The number of sulfone groups is 1. The standard InChI is InChI=1S/C23H22N2O6S/c1-13(2)12-30-23(27)31-19-11-24-21-20(19)17-10-15(7-8-18(17)25-22(21)26)14-5-4-6-16(9-14)32(3,28)29/h4-11,13,24H,12H2,1-3H3,(H,25,26). The zero-order valence-corrected chi connectivity index (χ0v) is 18.6. The van der Waals surface area contributed by atoms with E-state index in [0.29, 0.717) is 21.9 Å². The van der Waals surface area contributed by atoms with Gasteiger partial charge in [0, 0.05) is 23.4 Å². The highest BCUT2D eigenvalue weighted by atomic mass is 32.2. The second-order valence-electron chi connectivity index (χ2n) is 7.97. The zero-order valence-electron chi connectivity index (χ0n) is 17.8. The monoisotopic (exact) mass is 454 g/mol. The lowest BCUT2D eigenvalue weighted by molar-refractivity contribution is 0.0890. The fourth-order valence-corrected chi connectivity index (χ4v) is 4.08. The van der Waals surface area contributed by atoms with Crippen molar-refractivity contribution in [1.29, 1.82) is 0 Å². The van der Waals surface area contributed by atoms with Crippen molar-refractivity contribution in [3.05, 3.63) is 59.0 Å². The van der Waals surface area contributed by atoms with Crippen LogP contribution in [-0.2, 0) is 14.6 Å². The number of aromatic amines is 2. The predicted octanol–water partition coefficient (Wildman–Crippen LogP) is 4.25. The first-order chi connectivity index (χ1) is 15.1. The Labute approximate surface area is 184 Å². The number of ether oxygens (including phenoxy) is 2. The summed E-state index contributed by atoms with van der Waals surface area (Å²) in [5, 5.41) is 1.07. The van der Waals surface area contributed by atoms with Crippen molar-refractivity contribution in [3.8, 4) is 16.9 Å². The van der Waals surface area contributed by atoms with Gasteiger partial charge >= 0.3 is 6.16 Å². The van der Waals surface area contributed by atoms with Crippen LogP contribution in [0.15, 0.2) is 58.4 Å². The number of rotatable bonds is 5. The minimum absolute atomic E-state index is 0.152. The molecule has 0 atom stereocenters. The van der Waals surface area contributed by atoms with E-state index in [1.165, 1.54) is 12.3 Å². The highest BCUT2D eigenvalue weighted by Crippen LogP contribution is 2.33. The van der Waals surface area contributed by atoms with E-state index in [9.17, 15) is 18.0 Å². The lowest BCUT2D eigenvalue weighted by Crippen LogP contribution is -2.14. The number of carbonyl (C=O) groups excluding carboxylic acids is 1. The first-order valence-corrected chi connectivity index (χ1v) is 11.8. The molecule has 2 heterocycles. The van der Waals surface area contributed by atoms with Gasteiger partial charge in [0.25, 0.3) is 5.56 Å². The number of fused-ring (bicyclic) bond motifs is 3. The number of nitrogens with one attached hydrogen (secondary N) is 2. The molecule has 8 nitrogen and oxygen atoms in total. The molecule has 4 aromatic rings. The summed E-state index contributed by atoms with van der Waals surface area (Å²) in [5.41, 5.74) is 1.89. The van der Waals surface area contributed by atoms with Crippen LogP contribution in [0.2, 0.25) is 0 Å². The Kier molecular flexibility index (Phi) is 5.52. The molecule has 2 N–H and O–H groups in total. The Morgan fingerprint density at radius 2 is 1.84 bits per heavy atom. The van der Waals surface area contributed by atoms with Crippen LogP contribution in [0.5, 0.6) is 5.75 Å². The number of hydrogen-bond acceptors (Lipinski definition) is 6. The van der Waals surface area contributed by atoms with E-state index in [4.69, 9.17) is 9.47 Å². The molecule has 0 aliphatic heterocycles. The fraction of sp³-hybridized carbons (Fsp3) is 0.217. The van der Waals surface area contributed by atoms with Crippen LogP contribution in [0.25, 0.3) is 32.9 Å². The number of hydrogen-bond donors (Lipinski definition) is 2. The maximum Gasteiger partial charge on any atom is 0.513 e. The van der Waals surface area contributed by atoms with E-state index in [1.807, 2.05) is 19.9 Å². The molecule has 0 radical (unpaired) electrons. The Morgan fingerprint density at radius 1 is 1.09 bits per heavy atom. The summed E-state index contributed by atoms with van der Waals surface area (Å²) < 4.78 is 34.3. The maximum absolute atomic E-state index is 12.5. The van der Waals surface area contributed by atoms with Crippen LogP contribution in [0.1, 0.15) is 13.8 Å². The molecule has 0 amide bonds. The molecule has 0 saturated heterocycles. The third-order valence-corrected chi connectivity index (χ3v) is 6.04. The molecule has 0 aliphatic rings. The molecule has 166 valence electrons. The second-order valence-corrected chi connectivity index (χ2v) is 9.99. The van der Waals surface area contributed by atoms with Gasteiger partial charge in [0.05, 0.1) is 16.9 Å². The summed E-state index contributed by atoms with van der Waals surface area (Å²) in [6, 6.07) is 11.9. The van der Waals surface area contributed by atoms with Gasteiger partial charge in [-0.25, -0.2) is 13.2 Å². The third-order valence-electron chi connectivity index (χ3n) is 4.93. The molecule has 0 bridgehead atoms. The predicted molar refractivity (Wildman–Crippen MR) is 122 cm³/mol. The summed E-state index contributed by atoms with van der Waals surface area (Å²) in [5.74, 6) is 0.325. The molecule has 0 saturated carbocycles. The van der Waals surface area contributed by atoms with Crippen molar-refractivity contribution in [2.75, 3.05) is 12.9 Å². The van der Waals surface area contributed by atoms with E-state index in [0.717, 1.165) is 11.8 Å². The normalized spacial score (nSPS) is 11.9. The van der Waals surface area contributed by atoms with Gasteiger partial charge < -0.3 is 19.4 Å². The molecule has 2 aromatic heterocycles. The van der Waals surface area contributed by atoms with E-state index in [1.54, 1.807) is 30.3 Å². The van der Waals surface area contributed by atoms with Crippen LogP contribution in [-0.4, -0.2) is 37.4 Å². The van der Waals surface area contributed by atoms with Crippen molar-refractivity contribution in [3.63, 3.8) is 0 Å². The smallest absolute Gasteiger partial charge is 0.434 e. The second kappa shape index (κ2) is 8.16. The highest BCUT2D eigenvalue weighted by Gasteiger charge is 2.17. The molecule has 0 spiro atoms. The van der Waals surface area contributed by atoms with Crippen molar-refractivity contribution >= 4 is 37.8 Å². The number of H-pyrrole nitrogens is 2. The van der Waals surface area contributed by atoms with Crippen LogP contribution in [0, 0.1) is 5.92 Å². The van der Waals surface area contributed by atoms with E-state index in [2.05, 4.69) is 9.97 Å². The summed E-state index contributed by atoms with van der Waals surface area (Å²) in [4.78, 5) is 30.4. The molecule has 0 unspecified atom stereocenters. The molecular formula is C23H22N2O6S. The minimum atomic E-state index is -3.36. The molecular weight excluding hydrogens is 432 g/mol. The molecule has 0 fully saturated rings. The lowest BCUT2D eigenvalue weighted by atomic mass is 10.0. The average molecular weight is 455 g/mol. The van der Waals surface area contributed by atoms with E-state index in [-0.39, 0.29) is 34.2 Å². The summed E-state index contributed by atoms with van der Waals surface area (Å²) in [6.45, 7) is 4.03. The Hall–Kier alpha value is -3.59. The number of pyridine rings is 1. The van der Waals surface area contributed by atoms with Crippen molar-refractivity contribution in [2.24, 2.45) is 5.92 Å². The molecule has 2 aromatic carbocycles. The van der Waals surface area contributed by atoms with Crippen LogP contribution in [0.3, 0.4) is 0 Å². The first-order valence-electron chi connectivity index (χ1n) is 9.95. The van der Waals surface area contributed by atoms with Crippen LogP contribution < -0.4 is 10.3 Å². The van der Waals surface area contributed by atoms with Gasteiger partial charge in [-0.1, -0.05) is 32.0 Å². The first kappa shape index (κ1) is 21.6. The Balaban J connectivity index is 1.84. The van der Waals surface area contributed by atoms with Crippen LogP contribution >= 0.6 is 0 Å². The molecule has 32 heavy (non-hydrogen) atoms. The van der Waals surface area contributed by atoms with Gasteiger partial charge in [0.2, 0.25) is 0 Å². The van der Waals surface area contributed by atoms with Gasteiger partial charge in [-0.3, -0.25) is 4.79 Å². The van der Waals surface area contributed by atoms with Crippen molar-refractivity contribution in [2.45, 2.75) is 18.7 Å². The summed E-state index contributed by atoms with van der Waals surface area (Å²) in [7, 11) is -3.36. The Bertz CT molecular complexity index is 1500. The Morgan fingerprint density at radius 3 is 2.56 bits per heavy atom. The van der Waals surface area contributed by atoms with Gasteiger partial charge in [-0.05, 0) is 41.3 Å². The number of benzene rings is 2. The summed E-state index contributed by atoms with van der Waals surface area (Å²) >= 11 is 0. The van der Waals surface area contributed by atoms with E-state index >= 15 is 0 Å². The third kappa shape index (κ3) is 4.24. The number of aromatic nitrogens is 2. The SMILES string of the molecule is CC(C)COC(=O)Oc1c[nH]c2c(=O)[nH]c3ccc(-c4cccc(S(C)(=O)=O)c4)cc3c12. The molecule has 9 heteroatoms. The topological polar surface area (TPSA) is 118 Å². The average Bonchev–Trinajstić information content (AvgIpc) is 3.16. The van der Waals surface area contributed by atoms with Gasteiger partial charge in [-0.15, -0.1) is 0 Å². The minimum Gasteiger partial charge on any atom is -0.434 e. The van der Waals surface area contributed by atoms with Crippen molar-refractivity contribution in [1.82, 2.24) is 9.97 Å². The van der Waals surface area contributed by atoms with Gasteiger partial charge in [0.1, 0.15) is 5.52 Å². The molecule has 4 rings (SSSR count). The fourth-order valence-electron chi connectivity index (χ4n) is 3.42. The van der Waals surface area contributed by atoms with Gasteiger partial charge in [0.15, 0.2) is 15.6 Å². The maximum atomic E-state index is 12.5. The largest absolute Gasteiger partial charge is 0.513 e. The number of carbonyl (C=O) groups is 1. The van der Waals surface area contributed by atoms with Gasteiger partial charge in [-0.2, -0.15) is 0 Å². The zero-order chi connectivity index (χ0) is 23.0. The molecule has 0 aliphatic carbocycles. The van der Waals surface area contributed by atoms with E-state index < -0.39 is 16.0 Å². The highest BCUT2D eigenvalue weighted by molar-refractivity contribution is 7.90. The van der Waals surface area contributed by atoms with Crippen molar-refractivity contribution < 1.29 is 22.7 Å². The lowest BCUT2D eigenvalue weighted by Gasteiger charge is -2.09.